The molecule has 0 aliphatic carbocycles. The minimum Gasteiger partial charge on any atom is -0.0916 e. The maximum Gasteiger partial charge on any atom is -0.0140 e. The van der Waals surface area contributed by atoms with Crippen molar-refractivity contribution < 1.29 is 0 Å². The quantitative estimate of drug-likeness (QED) is 0.423. The Hall–Kier alpha value is -1.04. The van der Waals surface area contributed by atoms with Crippen LogP contribution in [0.3, 0.4) is 0 Å². The molecular weight excluding hydrogens is 216 g/mol. The van der Waals surface area contributed by atoms with E-state index >= 15 is 0 Å². The van der Waals surface area contributed by atoms with Gasteiger partial charge in [0.05, 0.1) is 0 Å². The van der Waals surface area contributed by atoms with Gasteiger partial charge in [-0.05, 0) is 38.0 Å². The second kappa shape index (κ2) is 11.1. The van der Waals surface area contributed by atoms with Crippen molar-refractivity contribution in [2.24, 2.45) is 5.41 Å². The summed E-state index contributed by atoms with van der Waals surface area (Å²) in [6, 6.07) is 0. The highest BCUT2D eigenvalue weighted by molar-refractivity contribution is 5.03. The Bertz CT molecular complexity index is 287. The molecule has 0 nitrogen and oxygen atoms in total. The summed E-state index contributed by atoms with van der Waals surface area (Å²) < 4.78 is 0. The number of hydrogen-bond donors (Lipinski definition) is 0. The Labute approximate surface area is 114 Å². The summed E-state index contributed by atoms with van der Waals surface area (Å²) in [6.07, 6.45) is 23.6. The van der Waals surface area contributed by atoms with Crippen LogP contribution in [0.4, 0.5) is 0 Å². The lowest BCUT2D eigenvalue weighted by Gasteiger charge is -2.17. The van der Waals surface area contributed by atoms with Crippen molar-refractivity contribution in [3.05, 3.63) is 48.6 Å². The van der Waals surface area contributed by atoms with Gasteiger partial charge < -0.3 is 0 Å². The number of rotatable bonds is 9. The summed E-state index contributed by atoms with van der Waals surface area (Å²) in [4.78, 5) is 0. The van der Waals surface area contributed by atoms with Gasteiger partial charge in [0.2, 0.25) is 0 Å². The first-order valence-electron chi connectivity index (χ1n) is 7.21. The van der Waals surface area contributed by atoms with E-state index in [2.05, 4.69) is 76.3 Å². The second-order valence-corrected chi connectivity index (χ2v) is 5.37. The highest BCUT2D eigenvalue weighted by Gasteiger charge is 2.09. The Morgan fingerprint density at radius 2 is 1.44 bits per heavy atom. The van der Waals surface area contributed by atoms with E-state index in [1.165, 1.54) is 12.8 Å². The van der Waals surface area contributed by atoms with Crippen LogP contribution in [0.15, 0.2) is 48.6 Å². The lowest BCUT2D eigenvalue weighted by atomic mass is 9.88. The fourth-order valence-corrected chi connectivity index (χ4v) is 1.61. The normalized spacial score (nSPS) is 13.8. The fraction of sp³-hybridized carbons (Fsp3) is 0.556. The molecule has 0 aromatic heterocycles. The first-order chi connectivity index (χ1) is 8.62. The highest BCUT2D eigenvalue weighted by Crippen LogP contribution is 2.22. The first kappa shape index (κ1) is 17.0. The van der Waals surface area contributed by atoms with Gasteiger partial charge in [-0.2, -0.15) is 0 Å². The van der Waals surface area contributed by atoms with Crippen molar-refractivity contribution in [3.63, 3.8) is 0 Å². The van der Waals surface area contributed by atoms with Gasteiger partial charge >= 0.3 is 0 Å². The van der Waals surface area contributed by atoms with Gasteiger partial charge in [-0.15, -0.1) is 0 Å². The minimum atomic E-state index is 0.279. The van der Waals surface area contributed by atoms with Crippen LogP contribution in [0.2, 0.25) is 0 Å². The van der Waals surface area contributed by atoms with E-state index in [-0.39, 0.29) is 5.41 Å². The maximum absolute atomic E-state index is 2.32. The van der Waals surface area contributed by atoms with E-state index in [9.17, 15) is 0 Å². The molecule has 0 heteroatoms. The molecule has 0 N–H and O–H groups in total. The lowest BCUT2D eigenvalue weighted by Crippen LogP contribution is -2.04. The molecule has 0 aliphatic rings. The molecule has 0 radical (unpaired) electrons. The Morgan fingerprint density at radius 1 is 0.833 bits per heavy atom. The predicted octanol–water partition coefficient (Wildman–Crippen LogP) is 6.23. The van der Waals surface area contributed by atoms with Gasteiger partial charge in [-0.1, -0.05) is 75.8 Å². The van der Waals surface area contributed by atoms with Gasteiger partial charge in [-0.3, -0.25) is 0 Å². The molecule has 0 atom stereocenters. The van der Waals surface area contributed by atoms with Crippen LogP contribution in [-0.4, -0.2) is 0 Å². The van der Waals surface area contributed by atoms with Crippen LogP contribution in [0.25, 0.3) is 0 Å². The van der Waals surface area contributed by atoms with Crippen LogP contribution in [-0.2, 0) is 0 Å². The van der Waals surface area contributed by atoms with Gasteiger partial charge in [0, 0.05) is 0 Å². The molecule has 0 aromatic rings. The van der Waals surface area contributed by atoms with Crippen LogP contribution < -0.4 is 0 Å². The van der Waals surface area contributed by atoms with E-state index in [0.29, 0.717) is 0 Å². The molecule has 0 unspecified atom stereocenters. The number of allylic oxidation sites excluding steroid dienone is 8. The average Bonchev–Trinajstić information content (AvgIpc) is 2.34. The topological polar surface area (TPSA) is 0 Å². The largest absolute Gasteiger partial charge is 0.0916 e. The van der Waals surface area contributed by atoms with Crippen molar-refractivity contribution in [3.8, 4) is 0 Å². The molecule has 0 heterocycles. The molecule has 0 fully saturated rings. The lowest BCUT2D eigenvalue weighted by molar-refractivity contribution is 0.487. The zero-order chi connectivity index (χ0) is 13.7. The smallest absolute Gasteiger partial charge is 0.0140 e. The molecule has 0 amide bonds. The van der Waals surface area contributed by atoms with Gasteiger partial charge in [0.25, 0.3) is 0 Å². The van der Waals surface area contributed by atoms with Crippen LogP contribution >= 0.6 is 0 Å². The minimum absolute atomic E-state index is 0.279. The van der Waals surface area contributed by atoms with Crippen LogP contribution in [0.5, 0.6) is 0 Å². The molecule has 0 spiro atoms. The van der Waals surface area contributed by atoms with Crippen molar-refractivity contribution in [2.45, 2.75) is 59.8 Å². The van der Waals surface area contributed by atoms with Gasteiger partial charge in [0.1, 0.15) is 0 Å². The summed E-state index contributed by atoms with van der Waals surface area (Å²) in [7, 11) is 0. The molecule has 102 valence electrons. The SMILES string of the molecule is CC=CCC(C)(C)C=CCC=CCC=CCCC. The van der Waals surface area contributed by atoms with E-state index in [1.807, 2.05) is 0 Å². The Balaban J connectivity index is 3.78. The summed E-state index contributed by atoms with van der Waals surface area (Å²) in [5.41, 5.74) is 0.279. The van der Waals surface area contributed by atoms with Crippen molar-refractivity contribution in [1.82, 2.24) is 0 Å². The van der Waals surface area contributed by atoms with E-state index in [4.69, 9.17) is 0 Å². The molecule has 18 heavy (non-hydrogen) atoms. The monoisotopic (exact) mass is 246 g/mol. The summed E-state index contributed by atoms with van der Waals surface area (Å²) in [5, 5.41) is 0. The van der Waals surface area contributed by atoms with Gasteiger partial charge in [0.15, 0.2) is 0 Å². The molecule has 0 aliphatic heterocycles. The third kappa shape index (κ3) is 11.4. The van der Waals surface area contributed by atoms with Crippen LogP contribution in [0, 0.1) is 5.41 Å². The van der Waals surface area contributed by atoms with Crippen LogP contribution in [0.1, 0.15) is 59.8 Å². The van der Waals surface area contributed by atoms with Crippen molar-refractivity contribution in [2.75, 3.05) is 0 Å². The Kier molecular flexibility index (Phi) is 10.4. The number of hydrogen-bond acceptors (Lipinski definition) is 0. The zero-order valence-electron chi connectivity index (χ0n) is 12.7. The first-order valence-corrected chi connectivity index (χ1v) is 7.21. The summed E-state index contributed by atoms with van der Waals surface area (Å²) in [6.45, 7) is 8.84. The van der Waals surface area contributed by atoms with E-state index in [0.717, 1.165) is 19.3 Å². The highest BCUT2D eigenvalue weighted by atomic mass is 14.1. The second-order valence-electron chi connectivity index (χ2n) is 5.37. The molecule has 0 rings (SSSR count). The molecule has 0 bridgehead atoms. The summed E-state index contributed by atoms with van der Waals surface area (Å²) in [5.74, 6) is 0. The maximum atomic E-state index is 2.32. The molecule has 0 saturated heterocycles. The third-order valence-corrected chi connectivity index (χ3v) is 2.78. The van der Waals surface area contributed by atoms with E-state index in [1.54, 1.807) is 0 Å². The average molecular weight is 246 g/mol. The third-order valence-electron chi connectivity index (χ3n) is 2.78. The molecular formula is C18H30. The van der Waals surface area contributed by atoms with Crippen molar-refractivity contribution >= 4 is 0 Å². The summed E-state index contributed by atoms with van der Waals surface area (Å²) >= 11 is 0. The standard InChI is InChI=1S/C18H30/c1-5-7-9-10-11-12-13-14-15-17-18(3,4)16-8-6-2/h6,8-10,12-13,15,17H,5,7,11,14,16H2,1-4H3. The van der Waals surface area contributed by atoms with Gasteiger partial charge in [-0.25, -0.2) is 0 Å². The zero-order valence-corrected chi connectivity index (χ0v) is 12.7. The fourth-order valence-electron chi connectivity index (χ4n) is 1.61. The van der Waals surface area contributed by atoms with E-state index < -0.39 is 0 Å². The Morgan fingerprint density at radius 3 is 2.06 bits per heavy atom. The predicted molar refractivity (Wildman–Crippen MR) is 84.8 cm³/mol. The molecule has 0 aromatic carbocycles. The van der Waals surface area contributed by atoms with Crippen molar-refractivity contribution in [1.29, 1.82) is 0 Å². The number of unbranched alkanes of at least 4 members (excludes halogenated alkanes) is 1. The molecule has 0 saturated carbocycles.